The second kappa shape index (κ2) is 7.79. The molecule has 4 heteroatoms. The Hall–Kier alpha value is -0.450. The van der Waals surface area contributed by atoms with E-state index in [0.29, 0.717) is 6.42 Å². The molecule has 1 aromatic carbocycles. The van der Waals surface area contributed by atoms with Crippen LogP contribution in [0.4, 0.5) is 0 Å². The summed E-state index contributed by atoms with van der Waals surface area (Å²) in [6.07, 6.45) is 1.60. The lowest BCUT2D eigenvalue weighted by molar-refractivity contribution is -0.107. The van der Waals surface area contributed by atoms with E-state index in [-0.39, 0.29) is 0 Å². The standard InChI is InChI=1S/C11H15NOS2/c1-12-9-10-3-5-11(6-4-10)15-14-8-2-7-13/h3-7,12H,2,8-9H2,1H3. The summed E-state index contributed by atoms with van der Waals surface area (Å²) >= 11 is 0. The zero-order chi connectivity index (χ0) is 10.9. The van der Waals surface area contributed by atoms with Crippen molar-refractivity contribution in [1.82, 2.24) is 5.32 Å². The van der Waals surface area contributed by atoms with Gasteiger partial charge in [-0.3, -0.25) is 0 Å². The Morgan fingerprint density at radius 3 is 2.67 bits per heavy atom. The molecule has 0 aliphatic carbocycles. The van der Waals surface area contributed by atoms with Crippen molar-refractivity contribution < 1.29 is 4.79 Å². The van der Waals surface area contributed by atoms with Crippen molar-refractivity contribution in [3.8, 4) is 0 Å². The first-order valence-electron chi connectivity index (χ1n) is 4.83. The molecule has 15 heavy (non-hydrogen) atoms. The summed E-state index contributed by atoms with van der Waals surface area (Å²) in [5.41, 5.74) is 1.29. The molecule has 0 spiro atoms. The topological polar surface area (TPSA) is 29.1 Å². The summed E-state index contributed by atoms with van der Waals surface area (Å²) < 4.78 is 0. The molecule has 0 aliphatic heterocycles. The maximum absolute atomic E-state index is 10.1. The molecule has 0 amide bonds. The predicted octanol–water partition coefficient (Wildman–Crippen LogP) is 2.74. The van der Waals surface area contributed by atoms with Crippen LogP contribution in [0.3, 0.4) is 0 Å². The van der Waals surface area contributed by atoms with Gasteiger partial charge in [0.2, 0.25) is 0 Å². The molecule has 0 saturated carbocycles. The highest BCUT2D eigenvalue weighted by Crippen LogP contribution is 2.31. The van der Waals surface area contributed by atoms with Gasteiger partial charge >= 0.3 is 0 Å². The third kappa shape index (κ3) is 5.25. The monoisotopic (exact) mass is 241 g/mol. The fourth-order valence-corrected chi connectivity index (χ4v) is 3.01. The van der Waals surface area contributed by atoms with Crippen molar-refractivity contribution in [1.29, 1.82) is 0 Å². The van der Waals surface area contributed by atoms with Gasteiger partial charge in [-0.2, -0.15) is 0 Å². The second-order valence-corrected chi connectivity index (χ2v) is 5.52. The minimum atomic E-state index is 0.634. The van der Waals surface area contributed by atoms with E-state index in [4.69, 9.17) is 0 Å². The number of rotatable bonds is 7. The molecule has 0 aromatic heterocycles. The molecule has 1 rings (SSSR count). The molecule has 0 fully saturated rings. The lowest BCUT2D eigenvalue weighted by atomic mass is 10.2. The Labute approximate surface area is 98.6 Å². The zero-order valence-electron chi connectivity index (χ0n) is 8.73. The number of carbonyl (C=O) groups excluding carboxylic acids is 1. The van der Waals surface area contributed by atoms with E-state index in [9.17, 15) is 4.79 Å². The van der Waals surface area contributed by atoms with Gasteiger partial charge in [-0.15, -0.1) is 0 Å². The van der Waals surface area contributed by atoms with E-state index in [2.05, 4.69) is 29.6 Å². The van der Waals surface area contributed by atoms with Gasteiger partial charge in [-0.25, -0.2) is 0 Å². The molecular formula is C11H15NOS2. The lowest BCUT2D eigenvalue weighted by Gasteiger charge is -2.02. The van der Waals surface area contributed by atoms with Crippen molar-refractivity contribution in [2.75, 3.05) is 12.8 Å². The molecule has 0 bridgehead atoms. The summed E-state index contributed by atoms with van der Waals surface area (Å²) in [6, 6.07) is 8.48. The molecule has 0 radical (unpaired) electrons. The van der Waals surface area contributed by atoms with Gasteiger partial charge in [-0.1, -0.05) is 33.7 Å². The van der Waals surface area contributed by atoms with E-state index >= 15 is 0 Å². The van der Waals surface area contributed by atoms with Crippen LogP contribution in [0.2, 0.25) is 0 Å². The summed E-state index contributed by atoms with van der Waals surface area (Å²) in [5, 5.41) is 3.11. The minimum Gasteiger partial charge on any atom is -0.316 e. The summed E-state index contributed by atoms with van der Waals surface area (Å²) in [4.78, 5) is 11.3. The quantitative estimate of drug-likeness (QED) is 0.451. The molecule has 0 unspecified atom stereocenters. The number of hydrogen-bond donors (Lipinski definition) is 1. The van der Waals surface area contributed by atoms with E-state index in [1.54, 1.807) is 21.6 Å². The maximum atomic E-state index is 10.1. The Kier molecular flexibility index (Phi) is 6.55. The second-order valence-electron chi connectivity index (χ2n) is 3.03. The van der Waals surface area contributed by atoms with Crippen LogP contribution in [0.25, 0.3) is 0 Å². The molecule has 1 N–H and O–H groups in total. The Morgan fingerprint density at radius 2 is 2.07 bits per heavy atom. The number of carbonyl (C=O) groups is 1. The van der Waals surface area contributed by atoms with Crippen LogP contribution in [-0.2, 0) is 11.3 Å². The van der Waals surface area contributed by atoms with Gasteiger partial charge in [0, 0.05) is 23.6 Å². The van der Waals surface area contributed by atoms with Crippen molar-refractivity contribution in [2.45, 2.75) is 17.9 Å². The predicted molar refractivity (Wildman–Crippen MR) is 68.2 cm³/mol. The van der Waals surface area contributed by atoms with Crippen LogP contribution in [0.1, 0.15) is 12.0 Å². The SMILES string of the molecule is CNCc1ccc(SSCCC=O)cc1. The first kappa shape index (κ1) is 12.6. The van der Waals surface area contributed by atoms with E-state index < -0.39 is 0 Å². The van der Waals surface area contributed by atoms with Gasteiger partial charge in [0.1, 0.15) is 6.29 Å². The lowest BCUT2D eigenvalue weighted by Crippen LogP contribution is -2.04. The molecule has 0 heterocycles. The highest BCUT2D eigenvalue weighted by Gasteiger charge is 1.95. The smallest absolute Gasteiger partial charge is 0.120 e. The Balaban J connectivity index is 2.32. The average Bonchev–Trinajstić information content (AvgIpc) is 2.27. The van der Waals surface area contributed by atoms with E-state index in [1.807, 2.05) is 7.05 Å². The van der Waals surface area contributed by atoms with Crippen LogP contribution in [0, 0.1) is 0 Å². The molecule has 1 aromatic rings. The van der Waals surface area contributed by atoms with Crippen molar-refractivity contribution in [3.63, 3.8) is 0 Å². The maximum Gasteiger partial charge on any atom is 0.120 e. The summed E-state index contributed by atoms with van der Waals surface area (Å²) in [7, 11) is 5.39. The first-order valence-corrected chi connectivity index (χ1v) is 7.15. The number of aldehydes is 1. The van der Waals surface area contributed by atoms with Gasteiger partial charge in [0.15, 0.2) is 0 Å². The normalized spacial score (nSPS) is 10.2. The third-order valence-corrected chi connectivity index (χ3v) is 4.19. The minimum absolute atomic E-state index is 0.634. The van der Waals surface area contributed by atoms with Crippen LogP contribution >= 0.6 is 21.6 Å². The van der Waals surface area contributed by atoms with Gasteiger partial charge in [0.05, 0.1) is 0 Å². The molecule has 82 valence electrons. The fraction of sp³-hybridized carbons (Fsp3) is 0.364. The highest BCUT2D eigenvalue weighted by atomic mass is 33.1. The van der Waals surface area contributed by atoms with E-state index in [1.165, 1.54) is 10.5 Å². The van der Waals surface area contributed by atoms with Crippen molar-refractivity contribution >= 4 is 27.9 Å². The summed E-state index contributed by atoms with van der Waals surface area (Å²) in [6.45, 7) is 0.906. The van der Waals surface area contributed by atoms with Gasteiger partial charge in [0.25, 0.3) is 0 Å². The van der Waals surface area contributed by atoms with Crippen LogP contribution in [-0.4, -0.2) is 19.1 Å². The Morgan fingerprint density at radius 1 is 1.33 bits per heavy atom. The first-order chi connectivity index (χ1) is 7.36. The molecular weight excluding hydrogens is 226 g/mol. The molecule has 0 saturated heterocycles. The van der Waals surface area contributed by atoms with Crippen LogP contribution < -0.4 is 5.32 Å². The van der Waals surface area contributed by atoms with Crippen LogP contribution in [0.15, 0.2) is 29.2 Å². The number of hydrogen-bond acceptors (Lipinski definition) is 4. The summed E-state index contributed by atoms with van der Waals surface area (Å²) in [5.74, 6) is 0.881. The van der Waals surface area contributed by atoms with Crippen molar-refractivity contribution in [2.24, 2.45) is 0 Å². The van der Waals surface area contributed by atoms with Gasteiger partial charge < -0.3 is 10.1 Å². The third-order valence-electron chi connectivity index (χ3n) is 1.78. The number of nitrogens with one attached hydrogen (secondary N) is 1. The Bertz CT molecular complexity index is 287. The average molecular weight is 241 g/mol. The largest absolute Gasteiger partial charge is 0.316 e. The molecule has 0 aliphatic rings. The van der Waals surface area contributed by atoms with Gasteiger partial charge in [-0.05, 0) is 24.7 Å². The number of benzene rings is 1. The molecule has 2 nitrogen and oxygen atoms in total. The van der Waals surface area contributed by atoms with E-state index in [0.717, 1.165) is 18.6 Å². The highest BCUT2D eigenvalue weighted by molar-refractivity contribution is 8.76. The zero-order valence-corrected chi connectivity index (χ0v) is 10.4. The molecule has 0 atom stereocenters. The van der Waals surface area contributed by atoms with Crippen LogP contribution in [0.5, 0.6) is 0 Å². The van der Waals surface area contributed by atoms with Crippen molar-refractivity contribution in [3.05, 3.63) is 29.8 Å². The fourth-order valence-electron chi connectivity index (χ4n) is 1.07.